The number of rotatable bonds is 4. The summed E-state index contributed by atoms with van der Waals surface area (Å²) in [5.41, 5.74) is 13.1. The van der Waals surface area contributed by atoms with Gasteiger partial charge < -0.3 is 0 Å². The molecule has 0 spiro atoms. The van der Waals surface area contributed by atoms with E-state index in [1.165, 1.54) is 90.4 Å². The van der Waals surface area contributed by atoms with Crippen LogP contribution in [-0.2, 0) is 0 Å². The zero-order valence-electron chi connectivity index (χ0n) is 25.1. The monoisotopic (exact) mass is 703 g/mol. The van der Waals surface area contributed by atoms with Crippen molar-refractivity contribution in [2.45, 2.75) is 0 Å². The van der Waals surface area contributed by atoms with E-state index in [9.17, 15) is 0 Å². The summed E-state index contributed by atoms with van der Waals surface area (Å²) in [6.07, 6.45) is 0. The van der Waals surface area contributed by atoms with Crippen molar-refractivity contribution in [3.8, 4) is 55.6 Å². The van der Waals surface area contributed by atoms with Gasteiger partial charge in [-0.2, -0.15) is 0 Å². The summed E-state index contributed by atoms with van der Waals surface area (Å²) < 4.78 is 4.36. The van der Waals surface area contributed by atoms with Gasteiger partial charge in [0.2, 0.25) is 0 Å². The molecule has 0 saturated heterocycles. The molecule has 0 fully saturated rings. The van der Waals surface area contributed by atoms with Crippen LogP contribution in [-0.4, -0.2) is 31.9 Å². The van der Waals surface area contributed by atoms with Crippen LogP contribution in [0.3, 0.4) is 0 Å². The van der Waals surface area contributed by atoms with E-state index in [2.05, 4.69) is 180 Å². The Hall–Kier alpha value is -4.63. The molecule has 2 heteroatoms. The van der Waals surface area contributed by atoms with Crippen LogP contribution in [0.15, 0.2) is 164 Å². The maximum absolute atomic E-state index is 2.48. The van der Waals surface area contributed by atoms with E-state index in [1.54, 1.807) is 0 Å². The van der Waals surface area contributed by atoms with Crippen LogP contribution in [0, 0.1) is 0 Å². The minimum atomic E-state index is -0.348. The van der Waals surface area contributed by atoms with Gasteiger partial charge in [-0.15, -0.1) is 0 Å². The number of fused-ring (bicyclic) bond motifs is 5. The molecule has 0 N–H and O–H groups in total. The van der Waals surface area contributed by atoms with Crippen molar-refractivity contribution in [1.29, 1.82) is 0 Å². The maximum atomic E-state index is 2.48. The van der Waals surface area contributed by atoms with Crippen molar-refractivity contribution in [1.82, 2.24) is 0 Å². The van der Waals surface area contributed by atoms with E-state index in [-0.39, 0.29) is 15.4 Å². The fourth-order valence-corrected chi connectivity index (χ4v) is 10.9. The second-order valence-corrected chi connectivity index (χ2v) is 15.8. The second-order valence-electron chi connectivity index (χ2n) is 11.9. The van der Waals surface area contributed by atoms with Crippen LogP contribution in [0.5, 0.6) is 0 Å². The Labute approximate surface area is 284 Å². The van der Waals surface area contributed by atoms with Crippen LogP contribution in [0.25, 0.3) is 77.2 Å². The van der Waals surface area contributed by atoms with E-state index in [1.807, 2.05) is 0 Å². The Morgan fingerprint density at radius 2 is 0.826 bits per heavy atom. The molecule has 0 aromatic heterocycles. The molecule has 0 atom stereocenters. The molecule has 8 aromatic carbocycles. The van der Waals surface area contributed by atoms with E-state index in [0.717, 1.165) is 0 Å². The van der Waals surface area contributed by atoms with E-state index < -0.39 is 0 Å². The molecule has 9 rings (SSSR count). The first-order valence-corrected chi connectivity index (χ1v) is 18.8. The Morgan fingerprint density at radius 3 is 1.54 bits per heavy atom. The molecule has 211 valence electrons. The van der Waals surface area contributed by atoms with Crippen molar-refractivity contribution < 1.29 is 0 Å². The quantitative estimate of drug-likeness (QED) is 0.127. The third-order valence-corrected chi connectivity index (χ3v) is 13.2. The molecular weight excluding hydrogens is 674 g/mol. The minimum absolute atomic E-state index is 0.348. The van der Waals surface area contributed by atoms with Crippen LogP contribution in [0.2, 0.25) is 0 Å². The van der Waals surface area contributed by atoms with E-state index in [0.29, 0.717) is 0 Å². The van der Waals surface area contributed by atoms with Crippen molar-refractivity contribution in [2.75, 3.05) is 0 Å². The first-order valence-electron chi connectivity index (χ1n) is 15.7. The number of benzene rings is 8. The third-order valence-electron chi connectivity index (χ3n) is 9.36. The molecule has 1 aliphatic heterocycles. The molecule has 5 radical (unpaired) electrons. The predicted octanol–water partition coefficient (Wildman–Crippen LogP) is 9.09. The van der Waals surface area contributed by atoms with Crippen LogP contribution in [0.1, 0.15) is 0 Å². The topological polar surface area (TPSA) is 0 Å². The Bertz CT molecular complexity index is 2460. The normalized spacial score (nSPS) is 11.9. The molecule has 0 bridgehead atoms. The van der Waals surface area contributed by atoms with Crippen molar-refractivity contribution in [3.63, 3.8) is 0 Å². The molecule has 0 amide bonds. The van der Waals surface area contributed by atoms with Gasteiger partial charge in [-0.1, -0.05) is 0 Å². The average molecular weight is 701 g/mol. The first-order chi connectivity index (χ1) is 22.8. The summed E-state index contributed by atoms with van der Waals surface area (Å²) in [6.45, 7) is 0. The molecule has 0 aliphatic carbocycles. The van der Waals surface area contributed by atoms with Gasteiger partial charge in [0.25, 0.3) is 0 Å². The second kappa shape index (κ2) is 11.3. The van der Waals surface area contributed by atoms with Gasteiger partial charge in [-0.05, 0) is 0 Å². The van der Waals surface area contributed by atoms with Gasteiger partial charge >= 0.3 is 286 Å². The van der Waals surface area contributed by atoms with E-state index >= 15 is 0 Å². The van der Waals surface area contributed by atoms with Crippen molar-refractivity contribution in [2.24, 2.45) is 0 Å². The van der Waals surface area contributed by atoms with Gasteiger partial charge in [0.15, 0.2) is 0 Å². The van der Waals surface area contributed by atoms with Gasteiger partial charge in [-0.25, -0.2) is 0 Å². The average Bonchev–Trinajstić information content (AvgIpc) is 3.50. The van der Waals surface area contributed by atoms with Gasteiger partial charge in [0.1, 0.15) is 0 Å². The predicted molar refractivity (Wildman–Crippen MR) is 199 cm³/mol. The van der Waals surface area contributed by atoms with Crippen LogP contribution >= 0.6 is 0 Å². The fourth-order valence-electron chi connectivity index (χ4n) is 7.35. The Balaban J connectivity index is 1.39. The summed E-state index contributed by atoms with van der Waals surface area (Å²) >= 11 is 1.86. The SMILES string of the molecule is [Ge][c]1ccccc1-c1ccccc1-c1cccc2c(-c3ccccc3)c3cccc(-c4ccc[c]5c4-c4cccc[c]4[Ge]5)c3cc12. The first kappa shape index (κ1) is 27.7. The molecule has 0 nitrogen and oxygen atoms in total. The molecule has 0 unspecified atom stereocenters. The Morgan fingerprint density at radius 1 is 0.326 bits per heavy atom. The molecule has 1 aliphatic rings. The van der Waals surface area contributed by atoms with Crippen molar-refractivity contribution >= 4 is 66.7 Å². The van der Waals surface area contributed by atoms with E-state index in [4.69, 9.17) is 0 Å². The summed E-state index contributed by atoms with van der Waals surface area (Å²) in [5.74, 6) is 0. The van der Waals surface area contributed by atoms with Crippen LogP contribution in [0.4, 0.5) is 0 Å². The molecule has 1 heterocycles. The number of hydrogen-bond donors (Lipinski definition) is 0. The summed E-state index contributed by atoms with van der Waals surface area (Å²) in [5, 5.41) is 5.15. The molecular formula is C44H27Ge2. The molecule has 46 heavy (non-hydrogen) atoms. The Kier molecular flexibility index (Phi) is 6.80. The summed E-state index contributed by atoms with van der Waals surface area (Å²) in [7, 11) is 0. The molecule has 0 saturated carbocycles. The zero-order valence-corrected chi connectivity index (χ0v) is 29.3. The van der Waals surface area contributed by atoms with Gasteiger partial charge in [-0.3, -0.25) is 0 Å². The standard InChI is InChI=1S/C44H27Ge2/c45-40-24-8-6-17-33(40)30-16-5-4-15-29(30)31-19-10-21-35-38(31)27-39-32(20-11-22-36(39)43(35)28-13-2-1-3-14-28)34-23-12-26-42-44(34)37-18-7-9-25-41(37)46-42/h1-27H. The fraction of sp³-hybridized carbons (Fsp3) is 0. The van der Waals surface area contributed by atoms with Gasteiger partial charge in [0, 0.05) is 0 Å². The number of hydrogen-bond acceptors (Lipinski definition) is 0. The summed E-state index contributed by atoms with van der Waals surface area (Å²) in [6, 6.07) is 60.8. The van der Waals surface area contributed by atoms with Crippen molar-refractivity contribution in [3.05, 3.63) is 164 Å². The summed E-state index contributed by atoms with van der Waals surface area (Å²) in [4.78, 5) is 0. The molecule has 8 aromatic rings. The van der Waals surface area contributed by atoms with Gasteiger partial charge in [0.05, 0.1) is 0 Å². The zero-order chi connectivity index (χ0) is 30.6. The third kappa shape index (κ3) is 4.43. The van der Waals surface area contributed by atoms with Crippen LogP contribution < -0.4 is 13.2 Å².